The third kappa shape index (κ3) is 5.29. The molecule has 1 atom stereocenters. The van der Waals surface area contributed by atoms with Gasteiger partial charge in [-0.15, -0.1) is 0 Å². The molecule has 1 fully saturated rings. The largest absolute Gasteiger partial charge is 0.492 e. The molecule has 9 heteroatoms. The number of hydrogen-bond acceptors (Lipinski definition) is 7. The zero-order valence-corrected chi connectivity index (χ0v) is 21.8. The van der Waals surface area contributed by atoms with Gasteiger partial charge in [0, 0.05) is 43.5 Å². The number of nitriles is 1. The quantitative estimate of drug-likeness (QED) is 0.480. The Kier molecular flexibility index (Phi) is 7.75. The minimum absolute atomic E-state index is 0.0832. The van der Waals surface area contributed by atoms with Gasteiger partial charge in [-0.25, -0.2) is 9.50 Å². The minimum atomic E-state index is -0.0832. The van der Waals surface area contributed by atoms with Gasteiger partial charge >= 0.3 is 0 Å². The number of fused-ring (bicyclic) bond motifs is 1. The van der Waals surface area contributed by atoms with Crippen LogP contribution in [0.4, 0.5) is 5.82 Å². The molecule has 0 saturated carbocycles. The van der Waals surface area contributed by atoms with E-state index in [2.05, 4.69) is 29.9 Å². The molecule has 0 aromatic carbocycles. The molecule has 9 nitrogen and oxygen atoms in total. The van der Waals surface area contributed by atoms with Crippen molar-refractivity contribution in [3.05, 3.63) is 42.4 Å². The number of carbonyl (C=O) groups excluding carboxylic acids is 1. The van der Waals surface area contributed by atoms with Crippen LogP contribution in [0.5, 0.6) is 5.75 Å². The smallest absolute Gasteiger partial charge is 0.240 e. The third-order valence-electron chi connectivity index (χ3n) is 6.60. The molecule has 3 aromatic rings. The Morgan fingerprint density at radius 3 is 2.53 bits per heavy atom. The van der Waals surface area contributed by atoms with Crippen LogP contribution in [0, 0.1) is 17.2 Å². The van der Waals surface area contributed by atoms with Gasteiger partial charge in [-0.2, -0.15) is 10.4 Å². The van der Waals surface area contributed by atoms with Gasteiger partial charge < -0.3 is 14.5 Å². The van der Waals surface area contributed by atoms with Gasteiger partial charge in [-0.05, 0) is 51.6 Å². The molecule has 4 heterocycles. The predicted octanol–water partition coefficient (Wildman–Crippen LogP) is 3.29. The summed E-state index contributed by atoms with van der Waals surface area (Å²) in [7, 11) is 3.96. The highest BCUT2D eigenvalue weighted by Gasteiger charge is 2.29. The van der Waals surface area contributed by atoms with Crippen molar-refractivity contribution in [2.75, 3.05) is 51.8 Å². The second-order valence-corrected chi connectivity index (χ2v) is 9.81. The van der Waals surface area contributed by atoms with Crippen LogP contribution in [0.3, 0.4) is 0 Å². The molecule has 1 amide bonds. The molecule has 1 aliphatic heterocycles. The lowest BCUT2D eigenvalue weighted by Gasteiger charge is -2.38. The number of piperazine rings is 1. The molecule has 0 radical (unpaired) electrons. The first kappa shape index (κ1) is 25.5. The SMILES string of the molecule is CCOc1cc(-c2ccc(N3CCN(C(=O)C(CC(C)C)N(C)C)CC3)nc2)c2c(C#N)cnn2c1. The summed E-state index contributed by atoms with van der Waals surface area (Å²) in [4.78, 5) is 24.1. The van der Waals surface area contributed by atoms with Gasteiger partial charge in [0.2, 0.25) is 5.91 Å². The van der Waals surface area contributed by atoms with Gasteiger partial charge in [0.05, 0.1) is 36.1 Å². The predicted molar refractivity (Wildman–Crippen MR) is 140 cm³/mol. The van der Waals surface area contributed by atoms with Crippen LogP contribution in [-0.4, -0.2) is 83.2 Å². The van der Waals surface area contributed by atoms with E-state index in [1.807, 2.05) is 55.2 Å². The molecule has 0 bridgehead atoms. The molecule has 1 saturated heterocycles. The number of anilines is 1. The van der Waals surface area contributed by atoms with E-state index in [1.165, 1.54) is 0 Å². The second-order valence-electron chi connectivity index (χ2n) is 9.81. The summed E-state index contributed by atoms with van der Waals surface area (Å²) < 4.78 is 7.40. The average molecular weight is 490 g/mol. The van der Waals surface area contributed by atoms with Crippen LogP contribution in [0.2, 0.25) is 0 Å². The Hall–Kier alpha value is -3.64. The molecular formula is C27H35N7O2. The van der Waals surface area contributed by atoms with Crippen LogP contribution in [-0.2, 0) is 4.79 Å². The summed E-state index contributed by atoms with van der Waals surface area (Å²) in [6.07, 6.45) is 6.04. The number of likely N-dealkylation sites (N-methyl/N-ethyl adjacent to an activating group) is 1. The van der Waals surface area contributed by atoms with Crippen molar-refractivity contribution in [2.24, 2.45) is 5.92 Å². The number of carbonyl (C=O) groups is 1. The van der Waals surface area contributed by atoms with Gasteiger partial charge in [0.1, 0.15) is 17.6 Å². The maximum Gasteiger partial charge on any atom is 0.240 e. The minimum Gasteiger partial charge on any atom is -0.492 e. The van der Waals surface area contributed by atoms with E-state index < -0.39 is 0 Å². The molecule has 4 rings (SSSR count). The summed E-state index contributed by atoms with van der Waals surface area (Å²) in [5.74, 6) is 2.24. The van der Waals surface area contributed by atoms with Crippen LogP contribution in [0.15, 0.2) is 36.8 Å². The van der Waals surface area contributed by atoms with Crippen molar-refractivity contribution < 1.29 is 9.53 Å². The zero-order chi connectivity index (χ0) is 25.8. The Labute approximate surface area is 212 Å². The summed E-state index contributed by atoms with van der Waals surface area (Å²) in [6.45, 7) is 9.63. The number of hydrogen-bond donors (Lipinski definition) is 0. The molecule has 1 unspecified atom stereocenters. The number of rotatable bonds is 8. The lowest BCUT2D eigenvalue weighted by atomic mass is 10.0. The molecule has 0 spiro atoms. The van der Waals surface area contributed by atoms with E-state index in [0.29, 0.717) is 36.9 Å². The normalized spacial score (nSPS) is 14.9. The van der Waals surface area contributed by atoms with E-state index in [-0.39, 0.29) is 11.9 Å². The fraction of sp³-hybridized carbons (Fsp3) is 0.481. The summed E-state index contributed by atoms with van der Waals surface area (Å²) in [5, 5.41) is 13.9. The third-order valence-corrected chi connectivity index (χ3v) is 6.60. The second kappa shape index (κ2) is 11.0. The standard InChI is InChI=1S/C27H35N7O2/c1-6-36-22-14-23(26-21(15-28)17-30-34(26)18-22)20-7-8-25(29-16-20)32-9-11-33(12-10-32)27(35)24(31(4)5)13-19(2)3/h7-8,14,16-19,24H,6,9-13H2,1-5H3. The first-order chi connectivity index (χ1) is 17.3. The van der Waals surface area contributed by atoms with Crippen molar-refractivity contribution in [1.82, 2.24) is 24.4 Å². The van der Waals surface area contributed by atoms with Crippen molar-refractivity contribution in [1.29, 1.82) is 5.26 Å². The van der Waals surface area contributed by atoms with E-state index >= 15 is 0 Å². The van der Waals surface area contributed by atoms with Gasteiger partial charge in [0.15, 0.2) is 0 Å². The van der Waals surface area contributed by atoms with Crippen LogP contribution in [0.25, 0.3) is 16.6 Å². The van der Waals surface area contributed by atoms with Crippen molar-refractivity contribution >= 4 is 17.2 Å². The van der Waals surface area contributed by atoms with Gasteiger partial charge in [-0.3, -0.25) is 9.69 Å². The molecular weight excluding hydrogens is 454 g/mol. The highest BCUT2D eigenvalue weighted by molar-refractivity contribution is 5.85. The maximum atomic E-state index is 13.1. The van der Waals surface area contributed by atoms with Crippen molar-refractivity contribution in [3.63, 3.8) is 0 Å². The van der Waals surface area contributed by atoms with Crippen molar-refractivity contribution in [3.8, 4) is 22.9 Å². The Balaban J connectivity index is 1.50. The lowest BCUT2D eigenvalue weighted by Crippen LogP contribution is -2.54. The van der Waals surface area contributed by atoms with E-state index in [1.54, 1.807) is 16.9 Å². The number of amides is 1. The molecule has 0 N–H and O–H groups in total. The van der Waals surface area contributed by atoms with Gasteiger partial charge in [-0.1, -0.05) is 13.8 Å². The van der Waals surface area contributed by atoms with Crippen LogP contribution < -0.4 is 9.64 Å². The van der Waals surface area contributed by atoms with E-state index in [4.69, 9.17) is 9.72 Å². The fourth-order valence-electron chi connectivity index (χ4n) is 4.72. The van der Waals surface area contributed by atoms with Crippen LogP contribution in [0.1, 0.15) is 32.8 Å². The van der Waals surface area contributed by atoms with E-state index in [0.717, 1.165) is 42.0 Å². The topological polar surface area (TPSA) is 90.0 Å². The highest BCUT2D eigenvalue weighted by Crippen LogP contribution is 2.31. The fourth-order valence-corrected chi connectivity index (χ4v) is 4.72. The van der Waals surface area contributed by atoms with Crippen LogP contribution >= 0.6 is 0 Å². The van der Waals surface area contributed by atoms with Gasteiger partial charge in [0.25, 0.3) is 0 Å². The number of pyridine rings is 2. The lowest BCUT2D eigenvalue weighted by molar-refractivity contribution is -0.137. The number of aromatic nitrogens is 3. The Morgan fingerprint density at radius 2 is 1.94 bits per heavy atom. The molecule has 1 aliphatic rings. The molecule has 36 heavy (non-hydrogen) atoms. The maximum absolute atomic E-state index is 13.1. The Morgan fingerprint density at radius 1 is 1.19 bits per heavy atom. The van der Waals surface area contributed by atoms with Crippen molar-refractivity contribution in [2.45, 2.75) is 33.2 Å². The molecule has 3 aromatic heterocycles. The number of ether oxygens (including phenoxy) is 1. The Bertz CT molecular complexity index is 1240. The first-order valence-corrected chi connectivity index (χ1v) is 12.5. The molecule has 0 aliphatic carbocycles. The zero-order valence-electron chi connectivity index (χ0n) is 21.8. The first-order valence-electron chi connectivity index (χ1n) is 12.5. The van der Waals surface area contributed by atoms with E-state index in [9.17, 15) is 10.1 Å². The molecule has 190 valence electrons. The monoisotopic (exact) mass is 489 g/mol. The summed E-state index contributed by atoms with van der Waals surface area (Å²) in [5.41, 5.74) is 2.98. The summed E-state index contributed by atoms with van der Waals surface area (Å²) in [6, 6.07) is 8.09. The number of nitrogens with zero attached hydrogens (tertiary/aromatic N) is 7. The highest BCUT2D eigenvalue weighted by atomic mass is 16.5. The average Bonchev–Trinajstić information content (AvgIpc) is 3.30. The summed E-state index contributed by atoms with van der Waals surface area (Å²) >= 11 is 0.